The molecule has 0 saturated heterocycles. The van der Waals surface area contributed by atoms with Gasteiger partial charge in [-0.15, -0.1) is 6.42 Å². The summed E-state index contributed by atoms with van der Waals surface area (Å²) in [6, 6.07) is 1.80. The van der Waals surface area contributed by atoms with E-state index >= 15 is 0 Å². The van der Waals surface area contributed by atoms with Gasteiger partial charge < -0.3 is 0 Å². The molecule has 0 unspecified atom stereocenters. The van der Waals surface area contributed by atoms with Gasteiger partial charge in [0.2, 0.25) is 0 Å². The molecular formula is C9H8N2. The topological polar surface area (TPSA) is 25.8 Å². The monoisotopic (exact) mass is 144 g/mol. The van der Waals surface area contributed by atoms with Crippen LogP contribution in [0.3, 0.4) is 0 Å². The molecule has 0 spiro atoms. The Morgan fingerprint density at radius 2 is 2.00 bits per heavy atom. The molecule has 1 heterocycles. The van der Waals surface area contributed by atoms with Gasteiger partial charge in [-0.3, -0.25) is 0 Å². The fourth-order valence-electron chi connectivity index (χ4n) is 1.10. The maximum Gasteiger partial charge on any atom is 0.146 e. The lowest BCUT2D eigenvalue weighted by molar-refractivity contribution is 0.808. The van der Waals surface area contributed by atoms with Crippen molar-refractivity contribution in [1.82, 2.24) is 9.97 Å². The smallest absolute Gasteiger partial charge is 0.146 e. The summed E-state index contributed by atoms with van der Waals surface area (Å²) in [6.07, 6.45) is 10.9. The second-order valence-corrected chi connectivity index (χ2v) is 2.80. The quantitative estimate of drug-likeness (QED) is 0.552. The first kappa shape index (κ1) is 6.36. The first-order valence-electron chi connectivity index (χ1n) is 3.63. The van der Waals surface area contributed by atoms with E-state index in [9.17, 15) is 0 Å². The molecule has 0 radical (unpaired) electrons. The van der Waals surface area contributed by atoms with Crippen LogP contribution >= 0.6 is 0 Å². The fraction of sp³-hybridized carbons (Fsp3) is 0.333. The molecule has 11 heavy (non-hydrogen) atoms. The predicted octanol–water partition coefficient (Wildman–Crippen LogP) is 1.14. The van der Waals surface area contributed by atoms with Gasteiger partial charge in [0, 0.05) is 12.4 Å². The van der Waals surface area contributed by atoms with Crippen LogP contribution in [0.5, 0.6) is 0 Å². The predicted molar refractivity (Wildman–Crippen MR) is 41.8 cm³/mol. The molecule has 1 aromatic heterocycles. The van der Waals surface area contributed by atoms with Crippen LogP contribution in [-0.4, -0.2) is 9.97 Å². The number of hydrogen-bond donors (Lipinski definition) is 0. The SMILES string of the molecule is C#CC1(c2ncccn2)CC1. The van der Waals surface area contributed by atoms with E-state index in [-0.39, 0.29) is 5.41 Å². The van der Waals surface area contributed by atoms with E-state index in [1.165, 1.54) is 0 Å². The zero-order chi connectivity index (χ0) is 7.73. The highest BCUT2D eigenvalue weighted by Gasteiger charge is 2.45. The zero-order valence-corrected chi connectivity index (χ0v) is 6.12. The van der Waals surface area contributed by atoms with Crippen molar-refractivity contribution in [2.24, 2.45) is 0 Å². The maximum atomic E-state index is 5.37. The van der Waals surface area contributed by atoms with E-state index in [0.717, 1.165) is 18.7 Å². The van der Waals surface area contributed by atoms with E-state index in [4.69, 9.17) is 6.42 Å². The van der Waals surface area contributed by atoms with Gasteiger partial charge in [0.05, 0.1) is 5.41 Å². The van der Waals surface area contributed by atoms with Gasteiger partial charge in [-0.25, -0.2) is 9.97 Å². The zero-order valence-electron chi connectivity index (χ0n) is 6.12. The minimum absolute atomic E-state index is 0.110. The molecule has 2 nitrogen and oxygen atoms in total. The van der Waals surface area contributed by atoms with Crippen molar-refractivity contribution in [2.75, 3.05) is 0 Å². The van der Waals surface area contributed by atoms with Crippen LogP contribution in [-0.2, 0) is 5.41 Å². The molecule has 0 aromatic carbocycles. The Hall–Kier alpha value is -1.36. The number of terminal acetylenes is 1. The van der Waals surface area contributed by atoms with Crippen LogP contribution in [0.2, 0.25) is 0 Å². The van der Waals surface area contributed by atoms with Crippen LogP contribution < -0.4 is 0 Å². The lowest BCUT2D eigenvalue weighted by Gasteiger charge is -2.02. The highest BCUT2D eigenvalue weighted by molar-refractivity contribution is 5.31. The van der Waals surface area contributed by atoms with Crippen molar-refractivity contribution in [3.05, 3.63) is 24.3 Å². The highest BCUT2D eigenvalue weighted by Crippen LogP contribution is 2.45. The molecule has 1 aliphatic carbocycles. The van der Waals surface area contributed by atoms with Gasteiger partial charge in [-0.1, -0.05) is 5.92 Å². The molecule has 1 fully saturated rings. The van der Waals surface area contributed by atoms with E-state index in [2.05, 4.69) is 15.9 Å². The van der Waals surface area contributed by atoms with Gasteiger partial charge in [0.1, 0.15) is 5.82 Å². The molecule has 0 aliphatic heterocycles. The van der Waals surface area contributed by atoms with Crippen LogP contribution in [0.1, 0.15) is 18.7 Å². The Morgan fingerprint density at radius 1 is 1.36 bits per heavy atom. The number of aromatic nitrogens is 2. The van der Waals surface area contributed by atoms with Crippen molar-refractivity contribution < 1.29 is 0 Å². The normalized spacial score (nSPS) is 18.8. The molecule has 1 saturated carbocycles. The maximum absolute atomic E-state index is 5.37. The summed E-state index contributed by atoms with van der Waals surface area (Å²) in [4.78, 5) is 8.26. The summed E-state index contributed by atoms with van der Waals surface area (Å²) in [6.45, 7) is 0. The molecule has 2 rings (SSSR count). The largest absolute Gasteiger partial charge is 0.240 e. The van der Waals surface area contributed by atoms with Crippen LogP contribution in [0.15, 0.2) is 18.5 Å². The second kappa shape index (κ2) is 2.06. The molecule has 0 atom stereocenters. The van der Waals surface area contributed by atoms with E-state index in [1.54, 1.807) is 18.5 Å². The van der Waals surface area contributed by atoms with Crippen LogP contribution in [0.4, 0.5) is 0 Å². The highest BCUT2D eigenvalue weighted by atomic mass is 14.9. The number of nitrogens with zero attached hydrogens (tertiary/aromatic N) is 2. The molecular weight excluding hydrogens is 136 g/mol. The minimum atomic E-state index is -0.110. The van der Waals surface area contributed by atoms with Gasteiger partial charge in [-0.2, -0.15) is 0 Å². The molecule has 1 aromatic rings. The molecule has 2 heteroatoms. The molecule has 54 valence electrons. The van der Waals surface area contributed by atoms with Crippen LogP contribution in [0.25, 0.3) is 0 Å². The van der Waals surface area contributed by atoms with Crippen molar-refractivity contribution in [1.29, 1.82) is 0 Å². The van der Waals surface area contributed by atoms with Crippen molar-refractivity contribution in [2.45, 2.75) is 18.3 Å². The lowest BCUT2D eigenvalue weighted by Crippen LogP contribution is -2.07. The average molecular weight is 144 g/mol. The van der Waals surface area contributed by atoms with Crippen molar-refractivity contribution in [3.8, 4) is 12.3 Å². The summed E-state index contributed by atoms with van der Waals surface area (Å²) in [5.74, 6) is 3.55. The van der Waals surface area contributed by atoms with E-state index < -0.39 is 0 Å². The fourth-order valence-corrected chi connectivity index (χ4v) is 1.10. The van der Waals surface area contributed by atoms with E-state index in [1.807, 2.05) is 0 Å². The third-order valence-corrected chi connectivity index (χ3v) is 2.02. The van der Waals surface area contributed by atoms with Crippen LogP contribution in [0, 0.1) is 12.3 Å². The van der Waals surface area contributed by atoms with Gasteiger partial charge in [0.15, 0.2) is 0 Å². The first-order valence-corrected chi connectivity index (χ1v) is 3.63. The second-order valence-electron chi connectivity index (χ2n) is 2.80. The van der Waals surface area contributed by atoms with E-state index in [0.29, 0.717) is 0 Å². The summed E-state index contributed by atoms with van der Waals surface area (Å²) in [5, 5.41) is 0. The van der Waals surface area contributed by atoms with Crippen molar-refractivity contribution >= 4 is 0 Å². The molecule has 1 aliphatic rings. The number of rotatable bonds is 1. The first-order chi connectivity index (χ1) is 5.37. The Kier molecular flexibility index (Phi) is 1.19. The summed E-state index contributed by atoms with van der Waals surface area (Å²) >= 11 is 0. The van der Waals surface area contributed by atoms with Gasteiger partial charge >= 0.3 is 0 Å². The lowest BCUT2D eigenvalue weighted by atomic mass is 10.1. The summed E-state index contributed by atoms with van der Waals surface area (Å²) in [7, 11) is 0. The summed E-state index contributed by atoms with van der Waals surface area (Å²) < 4.78 is 0. The third kappa shape index (κ3) is 0.894. The Balaban J connectivity index is 2.39. The van der Waals surface area contributed by atoms with Gasteiger partial charge in [-0.05, 0) is 18.9 Å². The Labute approximate surface area is 65.7 Å². The van der Waals surface area contributed by atoms with Crippen molar-refractivity contribution in [3.63, 3.8) is 0 Å². The minimum Gasteiger partial charge on any atom is -0.240 e. The molecule has 0 amide bonds. The summed E-state index contributed by atoms with van der Waals surface area (Å²) in [5.41, 5.74) is -0.110. The molecule has 0 N–H and O–H groups in total. The Bertz CT molecular complexity index is 293. The average Bonchev–Trinajstić information content (AvgIpc) is 2.86. The van der Waals surface area contributed by atoms with Gasteiger partial charge in [0.25, 0.3) is 0 Å². The Morgan fingerprint density at radius 3 is 2.45 bits per heavy atom. The number of hydrogen-bond acceptors (Lipinski definition) is 2. The standard InChI is InChI=1S/C9H8N2/c1-2-9(4-5-9)8-10-6-3-7-11-8/h1,3,6-7H,4-5H2. The third-order valence-electron chi connectivity index (χ3n) is 2.02. The molecule has 0 bridgehead atoms.